The van der Waals surface area contributed by atoms with Crippen LogP contribution < -0.4 is 5.32 Å². The molecule has 0 unspecified atom stereocenters. The number of nitrogens with one attached hydrogen (secondary N) is 1. The van der Waals surface area contributed by atoms with Crippen molar-refractivity contribution < 1.29 is 0 Å². The van der Waals surface area contributed by atoms with Gasteiger partial charge in [-0.15, -0.1) is 11.3 Å². The first kappa shape index (κ1) is 8.48. The third kappa shape index (κ3) is 1.36. The van der Waals surface area contributed by atoms with Crippen LogP contribution in [-0.2, 0) is 0 Å². The molecule has 14 heavy (non-hydrogen) atoms. The molecule has 2 aliphatic rings. The highest BCUT2D eigenvalue weighted by molar-refractivity contribution is 7.12. The molecule has 0 amide bonds. The third-order valence-corrected chi connectivity index (χ3v) is 3.98. The molecule has 0 saturated heterocycles. The van der Waals surface area contributed by atoms with E-state index in [1.807, 2.05) is 0 Å². The van der Waals surface area contributed by atoms with E-state index in [9.17, 15) is 0 Å². The van der Waals surface area contributed by atoms with Gasteiger partial charge < -0.3 is 5.32 Å². The summed E-state index contributed by atoms with van der Waals surface area (Å²) >= 11 is 1.77. The number of amidine groups is 1. The second-order valence-electron chi connectivity index (χ2n) is 4.06. The fourth-order valence-electron chi connectivity index (χ4n) is 2.36. The van der Waals surface area contributed by atoms with Gasteiger partial charge in [0, 0.05) is 0 Å². The summed E-state index contributed by atoms with van der Waals surface area (Å²) in [6.45, 7) is 0. The summed E-state index contributed by atoms with van der Waals surface area (Å²) in [6.07, 6.45) is 5.28. The smallest absolute Gasteiger partial charge is 0.139 e. The minimum atomic E-state index is 0.556. The Balaban J connectivity index is 1.83. The Morgan fingerprint density at radius 1 is 1.36 bits per heavy atom. The molecule has 0 spiro atoms. The largest absolute Gasteiger partial charge is 0.364 e. The lowest BCUT2D eigenvalue weighted by Gasteiger charge is -2.23. The van der Waals surface area contributed by atoms with E-state index in [1.165, 1.54) is 30.6 Å². The summed E-state index contributed by atoms with van der Waals surface area (Å²) in [5, 5.41) is 5.67. The van der Waals surface area contributed by atoms with Gasteiger partial charge in [0.2, 0.25) is 0 Å². The van der Waals surface area contributed by atoms with Crippen LogP contribution in [0.15, 0.2) is 22.5 Å². The van der Waals surface area contributed by atoms with Gasteiger partial charge in [0.15, 0.2) is 0 Å². The van der Waals surface area contributed by atoms with Crippen molar-refractivity contribution >= 4 is 17.2 Å². The van der Waals surface area contributed by atoms with Crippen LogP contribution >= 0.6 is 11.3 Å². The van der Waals surface area contributed by atoms with Gasteiger partial charge in [-0.25, -0.2) is 0 Å². The predicted molar refractivity (Wildman–Crippen MR) is 60.0 cm³/mol. The Labute approximate surface area is 88.1 Å². The van der Waals surface area contributed by atoms with Gasteiger partial charge in [0.1, 0.15) is 5.84 Å². The minimum absolute atomic E-state index is 0.556. The summed E-state index contributed by atoms with van der Waals surface area (Å²) in [5.74, 6) is 1.14. The molecule has 1 saturated carbocycles. The fourth-order valence-corrected chi connectivity index (χ4v) is 3.05. The highest BCUT2D eigenvalue weighted by Gasteiger charge is 2.31. The van der Waals surface area contributed by atoms with Crippen LogP contribution in [0.2, 0.25) is 0 Å². The second-order valence-corrected chi connectivity index (χ2v) is 5.01. The molecule has 0 bridgehead atoms. The Morgan fingerprint density at radius 3 is 3.07 bits per heavy atom. The third-order valence-electron chi connectivity index (χ3n) is 3.10. The molecule has 1 N–H and O–H groups in total. The van der Waals surface area contributed by atoms with Crippen LogP contribution in [0.5, 0.6) is 0 Å². The number of thiophene rings is 1. The Morgan fingerprint density at radius 2 is 2.29 bits per heavy atom. The van der Waals surface area contributed by atoms with Gasteiger partial charge in [0.25, 0.3) is 0 Å². The normalized spacial score (nSPS) is 30.7. The first-order chi connectivity index (χ1) is 6.93. The van der Waals surface area contributed by atoms with Crippen molar-refractivity contribution in [3.05, 3.63) is 22.4 Å². The quantitative estimate of drug-likeness (QED) is 0.749. The van der Waals surface area contributed by atoms with Crippen molar-refractivity contribution in [3.63, 3.8) is 0 Å². The fraction of sp³-hybridized carbons (Fsp3) is 0.545. The zero-order valence-electron chi connectivity index (χ0n) is 8.07. The summed E-state index contributed by atoms with van der Waals surface area (Å²) in [7, 11) is 0. The van der Waals surface area contributed by atoms with Crippen molar-refractivity contribution in [2.75, 3.05) is 0 Å². The molecule has 0 radical (unpaired) electrons. The molecule has 1 fully saturated rings. The van der Waals surface area contributed by atoms with E-state index in [4.69, 9.17) is 4.99 Å². The number of hydrogen-bond donors (Lipinski definition) is 1. The number of aliphatic imine (C=N–C) groups is 1. The first-order valence-electron chi connectivity index (χ1n) is 5.32. The lowest BCUT2D eigenvalue weighted by Crippen LogP contribution is -2.36. The molecular weight excluding hydrogens is 192 g/mol. The number of hydrogen-bond acceptors (Lipinski definition) is 3. The van der Waals surface area contributed by atoms with Gasteiger partial charge in [0.05, 0.1) is 17.0 Å². The lowest BCUT2D eigenvalue weighted by molar-refractivity contribution is 0.385. The molecule has 2 atom stereocenters. The Kier molecular flexibility index (Phi) is 2.05. The van der Waals surface area contributed by atoms with Gasteiger partial charge >= 0.3 is 0 Å². The molecule has 74 valence electrons. The molecule has 2 heterocycles. The molecule has 1 aliphatic heterocycles. The number of fused-ring (bicyclic) bond motifs is 1. The summed E-state index contributed by atoms with van der Waals surface area (Å²) in [4.78, 5) is 6.06. The molecule has 2 nitrogen and oxygen atoms in total. The molecule has 1 aromatic rings. The lowest BCUT2D eigenvalue weighted by atomic mass is 9.92. The standard InChI is InChI=1S/C11H14N2S/c1-2-5-9-8(4-1)12-11(13-9)10-6-3-7-14-10/h3,6-9H,1-2,4-5H2,(H,12,13)/t8-,9-/m1/s1. The molecule has 3 rings (SSSR count). The van der Waals surface area contributed by atoms with Crippen LogP contribution in [0.25, 0.3) is 0 Å². The van der Waals surface area contributed by atoms with Gasteiger partial charge in [-0.05, 0) is 24.3 Å². The topological polar surface area (TPSA) is 24.4 Å². The van der Waals surface area contributed by atoms with Crippen molar-refractivity contribution in [2.45, 2.75) is 37.8 Å². The highest BCUT2D eigenvalue weighted by Crippen LogP contribution is 2.26. The number of nitrogens with zero attached hydrogens (tertiary/aromatic N) is 1. The SMILES string of the molecule is c1csc(C2=N[C@@H]3CCCC[C@H]3N2)c1. The van der Waals surface area contributed by atoms with Gasteiger partial charge in [-0.3, -0.25) is 4.99 Å². The molecule has 1 aliphatic carbocycles. The Hall–Kier alpha value is -0.830. The van der Waals surface area contributed by atoms with E-state index in [2.05, 4.69) is 22.8 Å². The van der Waals surface area contributed by atoms with E-state index in [1.54, 1.807) is 11.3 Å². The maximum Gasteiger partial charge on any atom is 0.139 e. The zero-order valence-corrected chi connectivity index (χ0v) is 8.89. The molecule has 0 aromatic carbocycles. The molecule has 3 heteroatoms. The predicted octanol–water partition coefficient (Wildman–Crippen LogP) is 2.41. The van der Waals surface area contributed by atoms with E-state index in [0.29, 0.717) is 12.1 Å². The Bertz CT molecular complexity index is 342. The van der Waals surface area contributed by atoms with Crippen LogP contribution in [0.4, 0.5) is 0 Å². The van der Waals surface area contributed by atoms with Gasteiger partial charge in [-0.2, -0.15) is 0 Å². The van der Waals surface area contributed by atoms with Gasteiger partial charge in [-0.1, -0.05) is 18.9 Å². The highest BCUT2D eigenvalue weighted by atomic mass is 32.1. The maximum absolute atomic E-state index is 4.77. The van der Waals surface area contributed by atoms with E-state index in [0.717, 1.165) is 5.84 Å². The van der Waals surface area contributed by atoms with Crippen molar-refractivity contribution in [2.24, 2.45) is 4.99 Å². The van der Waals surface area contributed by atoms with Crippen LogP contribution in [-0.4, -0.2) is 17.9 Å². The molecular formula is C11H14N2S. The number of rotatable bonds is 1. The summed E-state index contributed by atoms with van der Waals surface area (Å²) in [6, 6.07) is 5.42. The summed E-state index contributed by atoms with van der Waals surface area (Å²) in [5.41, 5.74) is 0. The minimum Gasteiger partial charge on any atom is -0.364 e. The van der Waals surface area contributed by atoms with Crippen molar-refractivity contribution in [3.8, 4) is 0 Å². The first-order valence-corrected chi connectivity index (χ1v) is 6.20. The van der Waals surface area contributed by atoms with E-state index >= 15 is 0 Å². The average molecular weight is 206 g/mol. The van der Waals surface area contributed by atoms with Crippen molar-refractivity contribution in [1.82, 2.24) is 5.32 Å². The zero-order chi connectivity index (χ0) is 9.38. The second kappa shape index (κ2) is 3.39. The maximum atomic E-state index is 4.77. The van der Waals surface area contributed by atoms with Crippen LogP contribution in [0.3, 0.4) is 0 Å². The van der Waals surface area contributed by atoms with E-state index in [-0.39, 0.29) is 0 Å². The van der Waals surface area contributed by atoms with Crippen molar-refractivity contribution in [1.29, 1.82) is 0 Å². The summed E-state index contributed by atoms with van der Waals surface area (Å²) < 4.78 is 0. The van der Waals surface area contributed by atoms with Crippen LogP contribution in [0.1, 0.15) is 30.6 Å². The monoisotopic (exact) mass is 206 g/mol. The molecule has 1 aromatic heterocycles. The van der Waals surface area contributed by atoms with Crippen LogP contribution in [0, 0.1) is 0 Å². The van der Waals surface area contributed by atoms with E-state index < -0.39 is 0 Å². The average Bonchev–Trinajstić information content (AvgIpc) is 2.86.